The van der Waals surface area contributed by atoms with Crippen LogP contribution in [-0.2, 0) is 27.3 Å². The highest BCUT2D eigenvalue weighted by atomic mass is 16.5. The molecule has 0 heterocycles. The topological polar surface area (TPSA) is 74.2 Å². The summed E-state index contributed by atoms with van der Waals surface area (Å²) in [5, 5.41) is 0. The van der Waals surface area contributed by atoms with Gasteiger partial charge in [-0.25, -0.2) is 9.59 Å². The Bertz CT molecular complexity index is 1340. The summed E-state index contributed by atoms with van der Waals surface area (Å²) >= 11 is 0. The summed E-state index contributed by atoms with van der Waals surface area (Å²) in [6.07, 6.45) is 0.323. The SMILES string of the molecule is CCOC(=O)C(Cc1ccc(C(=O)OCc2ccc(OC)cc2)cc1)N=C(c1ccccc1)c1ccccc1. The van der Waals surface area contributed by atoms with Gasteiger partial charge in [0.15, 0.2) is 6.04 Å². The first-order valence-electron chi connectivity index (χ1n) is 12.8. The zero-order chi connectivity index (χ0) is 27.5. The number of nitrogens with zero attached hydrogens (tertiary/aromatic N) is 1. The molecule has 0 aliphatic heterocycles. The number of benzene rings is 4. The molecule has 0 radical (unpaired) electrons. The van der Waals surface area contributed by atoms with E-state index in [1.54, 1.807) is 26.2 Å². The molecule has 4 aromatic carbocycles. The third kappa shape index (κ3) is 7.65. The molecule has 0 N–H and O–H groups in total. The zero-order valence-electron chi connectivity index (χ0n) is 22.1. The number of rotatable bonds is 11. The summed E-state index contributed by atoms with van der Waals surface area (Å²) < 4.78 is 16.0. The van der Waals surface area contributed by atoms with Crippen molar-refractivity contribution in [2.24, 2.45) is 4.99 Å². The van der Waals surface area contributed by atoms with Crippen LogP contribution in [0.2, 0.25) is 0 Å². The van der Waals surface area contributed by atoms with Crippen LogP contribution < -0.4 is 4.74 Å². The zero-order valence-corrected chi connectivity index (χ0v) is 22.1. The molecule has 0 bridgehead atoms. The fourth-order valence-electron chi connectivity index (χ4n) is 4.04. The van der Waals surface area contributed by atoms with Crippen LogP contribution in [0.1, 0.15) is 39.5 Å². The van der Waals surface area contributed by atoms with Gasteiger partial charge in [0.1, 0.15) is 12.4 Å². The molecule has 0 saturated carbocycles. The molecule has 6 nitrogen and oxygen atoms in total. The van der Waals surface area contributed by atoms with Gasteiger partial charge in [0.2, 0.25) is 0 Å². The first-order valence-corrected chi connectivity index (χ1v) is 12.8. The van der Waals surface area contributed by atoms with E-state index in [2.05, 4.69) is 0 Å². The number of esters is 2. The van der Waals surface area contributed by atoms with Crippen LogP contribution in [0.15, 0.2) is 114 Å². The average Bonchev–Trinajstić information content (AvgIpc) is 2.99. The van der Waals surface area contributed by atoms with Gasteiger partial charge in [-0.15, -0.1) is 0 Å². The molecule has 4 aromatic rings. The molecule has 4 rings (SSSR count). The lowest BCUT2D eigenvalue weighted by Crippen LogP contribution is -2.26. The Balaban J connectivity index is 1.51. The molecular formula is C33H31NO5. The van der Waals surface area contributed by atoms with E-state index in [1.807, 2.05) is 97.1 Å². The number of carbonyl (C=O) groups excluding carboxylic acids is 2. The van der Waals surface area contributed by atoms with Gasteiger partial charge in [0.25, 0.3) is 0 Å². The van der Waals surface area contributed by atoms with Crippen LogP contribution in [0.25, 0.3) is 0 Å². The molecule has 0 fully saturated rings. The maximum Gasteiger partial charge on any atom is 0.338 e. The molecule has 6 heteroatoms. The van der Waals surface area contributed by atoms with Crippen molar-refractivity contribution in [2.45, 2.75) is 26.0 Å². The van der Waals surface area contributed by atoms with Gasteiger partial charge in [-0.05, 0) is 42.3 Å². The lowest BCUT2D eigenvalue weighted by Gasteiger charge is -2.15. The molecule has 0 spiro atoms. The minimum atomic E-state index is -0.756. The van der Waals surface area contributed by atoms with Gasteiger partial charge < -0.3 is 14.2 Å². The van der Waals surface area contributed by atoms with E-state index in [0.717, 1.165) is 28.0 Å². The Labute approximate surface area is 228 Å². The molecular weight excluding hydrogens is 490 g/mol. The number of ether oxygens (including phenoxy) is 3. The van der Waals surface area contributed by atoms with Crippen molar-refractivity contribution in [2.75, 3.05) is 13.7 Å². The molecule has 198 valence electrons. The Hall–Kier alpha value is -4.71. The van der Waals surface area contributed by atoms with Crippen LogP contribution in [0, 0.1) is 0 Å². The monoisotopic (exact) mass is 521 g/mol. The lowest BCUT2D eigenvalue weighted by atomic mass is 10.0. The lowest BCUT2D eigenvalue weighted by molar-refractivity contribution is -0.144. The van der Waals surface area contributed by atoms with E-state index >= 15 is 0 Å². The summed E-state index contributed by atoms with van der Waals surface area (Å²) in [5.74, 6) is -0.0802. The van der Waals surface area contributed by atoms with Crippen molar-refractivity contribution in [3.63, 3.8) is 0 Å². The standard InChI is InChI=1S/C33H31NO5/c1-3-38-33(36)30(34-31(26-10-6-4-7-11-26)27-12-8-5-9-13-27)22-24-14-18-28(19-15-24)32(35)39-23-25-16-20-29(37-2)21-17-25/h4-21,30H,3,22-23H2,1-2H3. The van der Waals surface area contributed by atoms with Crippen molar-refractivity contribution in [3.8, 4) is 5.75 Å². The van der Waals surface area contributed by atoms with Gasteiger partial charge >= 0.3 is 11.9 Å². The summed E-state index contributed by atoms with van der Waals surface area (Å²) in [7, 11) is 1.60. The fraction of sp³-hybridized carbons (Fsp3) is 0.182. The highest BCUT2D eigenvalue weighted by Crippen LogP contribution is 2.17. The van der Waals surface area contributed by atoms with Gasteiger partial charge in [0, 0.05) is 17.5 Å². The number of hydrogen-bond donors (Lipinski definition) is 0. The molecule has 0 aromatic heterocycles. The Morgan fingerprint density at radius 1 is 0.692 bits per heavy atom. The largest absolute Gasteiger partial charge is 0.497 e. The van der Waals surface area contributed by atoms with Crippen LogP contribution in [0.3, 0.4) is 0 Å². The van der Waals surface area contributed by atoms with Crippen molar-refractivity contribution in [3.05, 3.63) is 137 Å². The second-order valence-electron chi connectivity index (χ2n) is 8.80. The minimum absolute atomic E-state index is 0.159. The van der Waals surface area contributed by atoms with Crippen LogP contribution >= 0.6 is 0 Å². The van der Waals surface area contributed by atoms with Gasteiger partial charge in [-0.1, -0.05) is 84.9 Å². The predicted octanol–water partition coefficient (Wildman–Crippen LogP) is 6.06. The quantitative estimate of drug-likeness (QED) is 0.177. The Kier molecular flexibility index (Phi) is 9.62. The summed E-state index contributed by atoms with van der Waals surface area (Å²) in [4.78, 5) is 30.5. The average molecular weight is 522 g/mol. The minimum Gasteiger partial charge on any atom is -0.497 e. The molecule has 1 unspecified atom stereocenters. The first kappa shape index (κ1) is 27.3. The predicted molar refractivity (Wildman–Crippen MR) is 151 cm³/mol. The highest BCUT2D eigenvalue weighted by molar-refractivity contribution is 6.13. The van der Waals surface area contributed by atoms with E-state index in [0.29, 0.717) is 17.7 Å². The number of methoxy groups -OCH3 is 1. The molecule has 39 heavy (non-hydrogen) atoms. The first-order chi connectivity index (χ1) is 19.1. The second kappa shape index (κ2) is 13.7. The van der Waals surface area contributed by atoms with Crippen LogP contribution in [-0.4, -0.2) is 37.4 Å². The van der Waals surface area contributed by atoms with E-state index in [9.17, 15) is 9.59 Å². The van der Waals surface area contributed by atoms with Crippen molar-refractivity contribution in [1.82, 2.24) is 0 Å². The molecule has 0 saturated heterocycles. The summed E-state index contributed by atoms with van der Waals surface area (Å²) in [5.41, 5.74) is 4.68. The van der Waals surface area contributed by atoms with Gasteiger partial charge in [-0.3, -0.25) is 4.99 Å². The third-order valence-electron chi connectivity index (χ3n) is 6.09. The van der Waals surface area contributed by atoms with Gasteiger partial charge in [-0.2, -0.15) is 0 Å². The maximum atomic E-state index is 13.0. The van der Waals surface area contributed by atoms with Crippen LogP contribution in [0.4, 0.5) is 0 Å². The third-order valence-corrected chi connectivity index (χ3v) is 6.09. The molecule has 0 aliphatic rings. The van der Waals surface area contributed by atoms with E-state index < -0.39 is 18.0 Å². The smallest absolute Gasteiger partial charge is 0.338 e. The molecule has 0 amide bonds. The Morgan fingerprint density at radius 2 is 1.26 bits per heavy atom. The maximum absolute atomic E-state index is 13.0. The van der Waals surface area contributed by atoms with Crippen molar-refractivity contribution in [1.29, 1.82) is 0 Å². The van der Waals surface area contributed by atoms with Crippen LogP contribution in [0.5, 0.6) is 5.75 Å². The van der Waals surface area contributed by atoms with E-state index in [4.69, 9.17) is 19.2 Å². The van der Waals surface area contributed by atoms with Crippen molar-refractivity contribution >= 4 is 17.7 Å². The van der Waals surface area contributed by atoms with Crippen molar-refractivity contribution < 1.29 is 23.8 Å². The number of carbonyl (C=O) groups is 2. The Morgan fingerprint density at radius 3 is 1.79 bits per heavy atom. The summed E-state index contributed by atoms with van der Waals surface area (Å²) in [6.45, 7) is 2.20. The molecule has 1 atom stereocenters. The number of aliphatic imine (C=N–C) groups is 1. The normalized spacial score (nSPS) is 11.2. The summed E-state index contributed by atoms with van der Waals surface area (Å²) in [6, 6.07) is 33.2. The second-order valence-corrected chi connectivity index (χ2v) is 8.80. The molecule has 0 aliphatic carbocycles. The highest BCUT2D eigenvalue weighted by Gasteiger charge is 2.22. The number of hydrogen-bond acceptors (Lipinski definition) is 6. The fourth-order valence-corrected chi connectivity index (χ4v) is 4.04. The van der Waals surface area contributed by atoms with Gasteiger partial charge in [0.05, 0.1) is 25.0 Å². The van der Waals surface area contributed by atoms with E-state index in [1.165, 1.54) is 0 Å². The van der Waals surface area contributed by atoms with E-state index in [-0.39, 0.29) is 13.2 Å².